The Labute approximate surface area is 120 Å². The Bertz CT molecular complexity index is 605. The van der Waals surface area contributed by atoms with E-state index in [2.05, 4.69) is 5.32 Å². The van der Waals surface area contributed by atoms with Crippen LogP contribution in [-0.4, -0.2) is 38.9 Å². The lowest BCUT2D eigenvalue weighted by molar-refractivity contribution is 0.249. The van der Waals surface area contributed by atoms with Gasteiger partial charge in [0.15, 0.2) is 0 Å². The van der Waals surface area contributed by atoms with Crippen molar-refractivity contribution in [3.8, 4) is 6.07 Å². The topological polar surface area (TPSA) is 73.2 Å². The van der Waals surface area contributed by atoms with Crippen molar-refractivity contribution in [2.75, 3.05) is 20.1 Å². The fourth-order valence-corrected chi connectivity index (χ4v) is 4.33. The first kappa shape index (κ1) is 15.0. The van der Waals surface area contributed by atoms with Crippen molar-refractivity contribution in [1.82, 2.24) is 9.62 Å². The smallest absolute Gasteiger partial charge is 0.243 e. The van der Waals surface area contributed by atoms with Gasteiger partial charge in [-0.1, -0.05) is 12.5 Å². The lowest BCUT2D eigenvalue weighted by atomic mass is 10.1. The highest BCUT2D eigenvalue weighted by molar-refractivity contribution is 7.89. The molecule has 1 atom stereocenters. The standard InChI is InChI=1S/C14H19N3O2S/c1-16-11-13-6-2-3-8-17(13)20(18,19)14-7-4-5-12(9-14)10-15/h4-5,7,9,13,16H,2-3,6,8,11H2,1H3. The predicted molar refractivity (Wildman–Crippen MR) is 76.6 cm³/mol. The summed E-state index contributed by atoms with van der Waals surface area (Å²) < 4.78 is 27.0. The summed E-state index contributed by atoms with van der Waals surface area (Å²) in [5.41, 5.74) is 0.369. The first-order valence-electron chi connectivity index (χ1n) is 6.76. The number of nitrogens with zero attached hydrogens (tertiary/aromatic N) is 2. The normalized spacial score (nSPS) is 20.5. The molecule has 0 saturated carbocycles. The van der Waals surface area contributed by atoms with E-state index < -0.39 is 10.0 Å². The molecule has 1 saturated heterocycles. The molecule has 0 aliphatic carbocycles. The van der Waals surface area contributed by atoms with Gasteiger partial charge in [0.1, 0.15) is 0 Å². The summed E-state index contributed by atoms with van der Waals surface area (Å²) >= 11 is 0. The Hall–Kier alpha value is -1.42. The molecule has 108 valence electrons. The van der Waals surface area contributed by atoms with E-state index in [4.69, 9.17) is 5.26 Å². The molecule has 1 aliphatic heterocycles. The van der Waals surface area contributed by atoms with Gasteiger partial charge in [0.25, 0.3) is 0 Å². The van der Waals surface area contributed by atoms with E-state index in [1.165, 1.54) is 6.07 Å². The minimum Gasteiger partial charge on any atom is -0.318 e. The van der Waals surface area contributed by atoms with Crippen LogP contribution >= 0.6 is 0 Å². The van der Waals surface area contributed by atoms with Crippen LogP contribution in [-0.2, 0) is 10.0 Å². The molecule has 1 heterocycles. The molecule has 1 aliphatic rings. The molecule has 0 bridgehead atoms. The summed E-state index contributed by atoms with van der Waals surface area (Å²) in [4.78, 5) is 0.208. The van der Waals surface area contributed by atoms with E-state index >= 15 is 0 Å². The van der Waals surface area contributed by atoms with Crippen LogP contribution in [0.4, 0.5) is 0 Å². The summed E-state index contributed by atoms with van der Waals surface area (Å²) in [6.07, 6.45) is 2.81. The number of nitriles is 1. The van der Waals surface area contributed by atoms with Gasteiger partial charge in [-0.3, -0.25) is 0 Å². The Morgan fingerprint density at radius 3 is 2.95 bits per heavy atom. The minimum absolute atomic E-state index is 0.00973. The number of benzene rings is 1. The molecular formula is C14H19N3O2S. The average molecular weight is 293 g/mol. The molecule has 1 fully saturated rings. The molecule has 1 aromatic rings. The van der Waals surface area contributed by atoms with Crippen LogP contribution in [0.1, 0.15) is 24.8 Å². The number of nitrogens with one attached hydrogen (secondary N) is 1. The van der Waals surface area contributed by atoms with Gasteiger partial charge in [-0.25, -0.2) is 8.42 Å². The lowest BCUT2D eigenvalue weighted by Gasteiger charge is -2.34. The lowest BCUT2D eigenvalue weighted by Crippen LogP contribution is -2.47. The van der Waals surface area contributed by atoms with Crippen molar-refractivity contribution in [3.63, 3.8) is 0 Å². The van der Waals surface area contributed by atoms with E-state index in [1.54, 1.807) is 22.5 Å². The third-order valence-corrected chi connectivity index (χ3v) is 5.53. The number of hydrogen-bond donors (Lipinski definition) is 1. The molecule has 0 aromatic heterocycles. The highest BCUT2D eigenvalue weighted by atomic mass is 32.2. The van der Waals surface area contributed by atoms with Crippen molar-refractivity contribution in [2.45, 2.75) is 30.2 Å². The van der Waals surface area contributed by atoms with Gasteiger partial charge in [0, 0.05) is 19.1 Å². The second-order valence-electron chi connectivity index (χ2n) is 4.96. The molecule has 0 radical (unpaired) electrons. The van der Waals surface area contributed by atoms with Crippen LogP contribution in [0.25, 0.3) is 0 Å². The van der Waals surface area contributed by atoms with E-state index in [-0.39, 0.29) is 10.9 Å². The van der Waals surface area contributed by atoms with E-state index in [0.29, 0.717) is 18.7 Å². The molecule has 0 spiro atoms. The predicted octanol–water partition coefficient (Wildman–Crippen LogP) is 1.32. The van der Waals surface area contributed by atoms with Gasteiger partial charge in [-0.15, -0.1) is 0 Å². The number of likely N-dealkylation sites (N-methyl/N-ethyl adjacent to an activating group) is 1. The monoisotopic (exact) mass is 293 g/mol. The third-order valence-electron chi connectivity index (χ3n) is 3.58. The number of sulfonamides is 1. The number of piperidine rings is 1. The zero-order valence-corrected chi connectivity index (χ0v) is 12.4. The molecule has 6 heteroatoms. The van der Waals surface area contributed by atoms with Crippen molar-refractivity contribution < 1.29 is 8.42 Å². The van der Waals surface area contributed by atoms with Crippen molar-refractivity contribution >= 4 is 10.0 Å². The van der Waals surface area contributed by atoms with Crippen LogP contribution in [0.15, 0.2) is 29.2 Å². The first-order chi connectivity index (χ1) is 9.59. The highest BCUT2D eigenvalue weighted by Gasteiger charge is 2.33. The second-order valence-corrected chi connectivity index (χ2v) is 6.85. The number of hydrogen-bond acceptors (Lipinski definition) is 4. The van der Waals surface area contributed by atoms with Crippen LogP contribution in [0, 0.1) is 11.3 Å². The largest absolute Gasteiger partial charge is 0.318 e. The van der Waals surface area contributed by atoms with Crippen LogP contribution < -0.4 is 5.32 Å². The Morgan fingerprint density at radius 1 is 1.45 bits per heavy atom. The van der Waals surface area contributed by atoms with Gasteiger partial charge in [0.05, 0.1) is 16.5 Å². The SMILES string of the molecule is CNCC1CCCCN1S(=O)(=O)c1cccc(C#N)c1. The Balaban J connectivity index is 2.34. The maximum Gasteiger partial charge on any atom is 0.243 e. The van der Waals surface area contributed by atoms with Gasteiger partial charge in [-0.2, -0.15) is 9.57 Å². The molecule has 1 unspecified atom stereocenters. The van der Waals surface area contributed by atoms with E-state index in [0.717, 1.165) is 19.3 Å². The number of rotatable bonds is 4. The molecule has 1 aromatic carbocycles. The molecule has 1 N–H and O–H groups in total. The molecule has 20 heavy (non-hydrogen) atoms. The van der Waals surface area contributed by atoms with E-state index in [1.807, 2.05) is 13.1 Å². The van der Waals surface area contributed by atoms with Crippen LogP contribution in [0.2, 0.25) is 0 Å². The fourth-order valence-electron chi connectivity index (χ4n) is 2.59. The Kier molecular flexibility index (Phi) is 4.76. The zero-order valence-electron chi connectivity index (χ0n) is 11.5. The van der Waals surface area contributed by atoms with Crippen molar-refractivity contribution in [3.05, 3.63) is 29.8 Å². The van der Waals surface area contributed by atoms with Crippen LogP contribution in [0.3, 0.4) is 0 Å². The Morgan fingerprint density at radius 2 is 2.25 bits per heavy atom. The first-order valence-corrected chi connectivity index (χ1v) is 8.20. The summed E-state index contributed by atoms with van der Waals surface area (Å²) in [5.74, 6) is 0. The fraction of sp³-hybridized carbons (Fsp3) is 0.500. The summed E-state index contributed by atoms with van der Waals surface area (Å²) in [6, 6.07) is 8.20. The second kappa shape index (κ2) is 6.35. The van der Waals surface area contributed by atoms with Gasteiger partial charge < -0.3 is 5.32 Å². The van der Waals surface area contributed by atoms with E-state index in [9.17, 15) is 8.42 Å². The maximum absolute atomic E-state index is 12.7. The summed E-state index contributed by atoms with van der Waals surface area (Å²) in [6.45, 7) is 1.20. The minimum atomic E-state index is -3.52. The maximum atomic E-state index is 12.7. The zero-order chi connectivity index (χ0) is 14.6. The summed E-state index contributed by atoms with van der Waals surface area (Å²) in [7, 11) is -1.69. The van der Waals surface area contributed by atoms with Crippen molar-refractivity contribution in [2.24, 2.45) is 0 Å². The van der Waals surface area contributed by atoms with Crippen molar-refractivity contribution in [1.29, 1.82) is 5.26 Å². The molecule has 0 amide bonds. The van der Waals surface area contributed by atoms with Gasteiger partial charge in [-0.05, 0) is 38.1 Å². The molecular weight excluding hydrogens is 274 g/mol. The van der Waals surface area contributed by atoms with Gasteiger partial charge >= 0.3 is 0 Å². The third kappa shape index (κ3) is 3.01. The highest BCUT2D eigenvalue weighted by Crippen LogP contribution is 2.25. The average Bonchev–Trinajstić information content (AvgIpc) is 2.48. The summed E-state index contributed by atoms with van der Waals surface area (Å²) in [5, 5.41) is 12.0. The van der Waals surface area contributed by atoms with Gasteiger partial charge in [0.2, 0.25) is 10.0 Å². The molecule has 2 rings (SSSR count). The van der Waals surface area contributed by atoms with Crippen LogP contribution in [0.5, 0.6) is 0 Å². The quantitative estimate of drug-likeness (QED) is 0.908. The molecule has 5 nitrogen and oxygen atoms in total.